The molecular weight excluding hydrogens is 1200 g/mol. The van der Waals surface area contributed by atoms with Crippen molar-refractivity contribution in [2.75, 3.05) is 9.80 Å². The topological polar surface area (TPSA) is 24.9 Å². The van der Waals surface area contributed by atoms with E-state index in [-0.39, 0.29) is 11.6 Å². The average molecular weight is 1270 g/mol. The van der Waals surface area contributed by atoms with E-state index >= 15 is 8.78 Å². The van der Waals surface area contributed by atoms with E-state index in [1.807, 2.05) is 34.1 Å². The van der Waals surface area contributed by atoms with Crippen LogP contribution in [0.25, 0.3) is 33.4 Å². The highest BCUT2D eigenvalue weighted by molar-refractivity contribution is 5.92. The highest BCUT2D eigenvalue weighted by Gasteiger charge is 2.48. The fraction of sp³-hybridized carbons (Fsp3) is 0.0870. The molecule has 0 fully saturated rings. The summed E-state index contributed by atoms with van der Waals surface area (Å²) in [5.74, 6) is 2.54. The lowest BCUT2D eigenvalue weighted by Gasteiger charge is -2.35. The van der Waals surface area contributed by atoms with Gasteiger partial charge >= 0.3 is 0 Å². The third kappa shape index (κ3) is 9.60. The van der Waals surface area contributed by atoms with E-state index < -0.39 is 10.8 Å². The Morgan fingerprint density at radius 3 is 0.969 bits per heavy atom. The molecule has 98 heavy (non-hydrogen) atoms. The van der Waals surface area contributed by atoms with E-state index in [0.29, 0.717) is 11.4 Å². The number of anilines is 6. The lowest BCUT2D eigenvalue weighted by atomic mass is 9.67. The van der Waals surface area contributed by atoms with Crippen LogP contribution in [0.3, 0.4) is 0 Å². The first-order chi connectivity index (χ1) is 48.1. The number of nitrogens with zero attached hydrogens (tertiary/aromatic N) is 2. The molecular formula is C92H66F2N2O2. The van der Waals surface area contributed by atoms with Gasteiger partial charge in [-0.25, -0.2) is 8.78 Å². The van der Waals surface area contributed by atoms with Crippen molar-refractivity contribution in [1.29, 1.82) is 0 Å². The molecule has 14 aromatic rings. The standard InChI is InChI=1S/C92H66F2N2O2/c1-59-19-33-67(34-20-59)91(69-37-49-75(50-38-69)97-77-47-31-63-23-25-65(63)55-77)83-13-5-3-11-79(83)81-53-45-73(57-85(81)91)95(89-17-9-7-15-87(89)93)71-41-27-61(28-42-71)62-29-43-72(44-30-62)96(90-18-10-8-16-88(90)94)74-46-54-82-80-12-4-6-14-84(80)92(86(82)58-74,68-35-21-60(2)22-36-68)70-39-51-76(52-40-70)98-78-48-32-64-24-26-66(64)56-78/h3-22,27-58H,23-26H2,1-2H3. The van der Waals surface area contributed by atoms with E-state index in [0.717, 1.165) is 138 Å². The molecule has 2 atom stereocenters. The summed E-state index contributed by atoms with van der Waals surface area (Å²) in [5, 5.41) is 0. The fourth-order valence-electron chi connectivity index (χ4n) is 16.0. The van der Waals surface area contributed by atoms with Crippen molar-refractivity contribution in [3.05, 3.63) is 405 Å². The molecule has 4 aliphatic rings. The van der Waals surface area contributed by atoms with E-state index in [1.54, 1.807) is 12.1 Å². The predicted molar refractivity (Wildman–Crippen MR) is 393 cm³/mol. The van der Waals surface area contributed by atoms with Crippen LogP contribution in [0.15, 0.2) is 315 Å². The van der Waals surface area contributed by atoms with Crippen LogP contribution >= 0.6 is 0 Å². The molecule has 0 amide bonds. The first-order valence-electron chi connectivity index (χ1n) is 33.9. The summed E-state index contributed by atoms with van der Waals surface area (Å²) in [6.45, 7) is 4.25. The molecule has 18 rings (SSSR count). The van der Waals surface area contributed by atoms with E-state index in [9.17, 15) is 0 Å². The quantitative estimate of drug-likeness (QED) is 0.102. The van der Waals surface area contributed by atoms with Crippen molar-refractivity contribution < 1.29 is 18.3 Å². The van der Waals surface area contributed by atoms with Crippen LogP contribution in [0.2, 0.25) is 0 Å². The van der Waals surface area contributed by atoms with E-state index in [2.05, 4.69) is 281 Å². The van der Waals surface area contributed by atoms with E-state index in [4.69, 9.17) is 9.47 Å². The Hall–Kier alpha value is -11.9. The van der Waals surface area contributed by atoms with Crippen molar-refractivity contribution in [2.45, 2.75) is 50.4 Å². The van der Waals surface area contributed by atoms with Crippen LogP contribution in [0, 0.1) is 25.5 Å². The molecule has 4 aliphatic carbocycles. The van der Waals surface area contributed by atoms with Gasteiger partial charge in [-0.3, -0.25) is 0 Å². The molecule has 0 saturated carbocycles. The first-order valence-corrected chi connectivity index (χ1v) is 33.9. The first kappa shape index (κ1) is 58.7. The summed E-state index contributed by atoms with van der Waals surface area (Å²) in [7, 11) is 0. The summed E-state index contributed by atoms with van der Waals surface area (Å²) in [6.07, 6.45) is 4.40. The zero-order valence-corrected chi connectivity index (χ0v) is 54.3. The SMILES string of the molecule is Cc1ccc(C2(c3ccc(Oc4ccc5c(c4)CC5)cc3)c3ccccc3-c3ccc(N(c4ccc(-c5ccc(N(c6ccc7c(c6)C(c6ccc(C)cc6)(c6ccc(Oc8ccc9c(c8)CC9)cc6)c6ccccc6-7)c6ccccc6F)cc5)cc4)c4ccccc4F)cc32)cc1. The van der Waals surface area contributed by atoms with Crippen molar-refractivity contribution in [3.8, 4) is 56.4 Å². The van der Waals surface area contributed by atoms with Gasteiger partial charge in [0.25, 0.3) is 0 Å². The average Bonchev–Trinajstić information content (AvgIpc) is 1.53. The number of ether oxygens (including phenoxy) is 2. The van der Waals surface area contributed by atoms with Gasteiger partial charge in [0.2, 0.25) is 0 Å². The zero-order chi connectivity index (χ0) is 65.6. The van der Waals surface area contributed by atoms with Gasteiger partial charge < -0.3 is 19.3 Å². The summed E-state index contributed by atoms with van der Waals surface area (Å²) in [5.41, 5.74) is 25.9. The van der Waals surface area contributed by atoms with E-state index in [1.165, 1.54) is 56.6 Å². The van der Waals surface area contributed by atoms with Gasteiger partial charge in [-0.2, -0.15) is 0 Å². The van der Waals surface area contributed by atoms with Crippen molar-refractivity contribution >= 4 is 34.1 Å². The second-order valence-electron chi connectivity index (χ2n) is 26.6. The molecule has 0 saturated heterocycles. The molecule has 0 aliphatic heterocycles. The molecule has 2 unspecified atom stereocenters. The minimum atomic E-state index is -0.743. The summed E-state index contributed by atoms with van der Waals surface area (Å²) >= 11 is 0. The molecule has 0 aromatic heterocycles. The fourth-order valence-corrected chi connectivity index (χ4v) is 16.0. The number of benzene rings is 14. The maximum Gasteiger partial charge on any atom is 0.147 e. The van der Waals surface area contributed by atoms with Gasteiger partial charge in [0, 0.05) is 22.7 Å². The summed E-state index contributed by atoms with van der Waals surface area (Å²) in [6, 6.07) is 109. The molecule has 470 valence electrons. The molecule has 0 spiro atoms. The number of halogens is 2. The molecule has 4 nitrogen and oxygen atoms in total. The van der Waals surface area contributed by atoms with Crippen molar-refractivity contribution in [3.63, 3.8) is 0 Å². The second kappa shape index (κ2) is 23.5. The van der Waals surface area contributed by atoms with Crippen LogP contribution < -0.4 is 19.3 Å². The minimum absolute atomic E-state index is 0.340. The Labute approximate surface area is 570 Å². The van der Waals surface area contributed by atoms with Gasteiger partial charge in [-0.05, 0) is 261 Å². The number of para-hydroxylation sites is 2. The van der Waals surface area contributed by atoms with Crippen LogP contribution in [0.5, 0.6) is 23.0 Å². The lowest BCUT2D eigenvalue weighted by molar-refractivity contribution is 0.480. The Kier molecular flexibility index (Phi) is 14.1. The van der Waals surface area contributed by atoms with Crippen LogP contribution in [-0.2, 0) is 36.5 Å². The Morgan fingerprint density at radius 2 is 0.602 bits per heavy atom. The largest absolute Gasteiger partial charge is 0.457 e. The monoisotopic (exact) mass is 1270 g/mol. The lowest BCUT2D eigenvalue weighted by Crippen LogP contribution is -2.29. The second-order valence-corrected chi connectivity index (χ2v) is 26.6. The Balaban J connectivity index is 0.709. The minimum Gasteiger partial charge on any atom is -0.457 e. The zero-order valence-electron chi connectivity index (χ0n) is 54.3. The summed E-state index contributed by atoms with van der Waals surface area (Å²) in [4.78, 5) is 4.06. The molecule has 6 heteroatoms. The van der Waals surface area contributed by atoms with Crippen LogP contribution in [0.1, 0.15) is 77.9 Å². The highest BCUT2D eigenvalue weighted by Crippen LogP contribution is 2.60. The number of fused-ring (bicyclic) bond motifs is 8. The maximum absolute atomic E-state index is 16.7. The third-order valence-electron chi connectivity index (χ3n) is 21.0. The van der Waals surface area contributed by atoms with Gasteiger partial charge in [-0.15, -0.1) is 0 Å². The molecule has 0 heterocycles. The van der Waals surface area contributed by atoms with Crippen molar-refractivity contribution in [2.24, 2.45) is 0 Å². The number of hydrogen-bond donors (Lipinski definition) is 0. The number of rotatable bonds is 15. The molecule has 0 N–H and O–H groups in total. The van der Waals surface area contributed by atoms with Gasteiger partial charge in [0.1, 0.15) is 34.6 Å². The number of aryl methyl sites for hydroxylation is 6. The van der Waals surface area contributed by atoms with Gasteiger partial charge in [0.15, 0.2) is 0 Å². The number of hydrogen-bond acceptors (Lipinski definition) is 4. The highest BCUT2D eigenvalue weighted by atomic mass is 19.1. The smallest absolute Gasteiger partial charge is 0.147 e. The van der Waals surface area contributed by atoms with Gasteiger partial charge in [0.05, 0.1) is 22.2 Å². The Morgan fingerprint density at radius 1 is 0.276 bits per heavy atom. The molecule has 0 bridgehead atoms. The Bertz CT molecular complexity index is 5090. The maximum atomic E-state index is 16.7. The summed E-state index contributed by atoms with van der Waals surface area (Å²) < 4.78 is 46.5. The van der Waals surface area contributed by atoms with Crippen LogP contribution in [0.4, 0.5) is 42.9 Å². The van der Waals surface area contributed by atoms with Crippen molar-refractivity contribution in [1.82, 2.24) is 0 Å². The predicted octanol–water partition coefficient (Wildman–Crippen LogP) is 23.7. The molecule has 0 radical (unpaired) electrons. The normalized spacial score (nSPS) is 15.7. The van der Waals surface area contributed by atoms with Crippen LogP contribution in [-0.4, -0.2) is 0 Å². The molecule has 14 aromatic carbocycles. The van der Waals surface area contributed by atoms with Gasteiger partial charge in [-0.1, -0.05) is 205 Å². The third-order valence-corrected chi connectivity index (χ3v) is 21.0.